The van der Waals surface area contributed by atoms with Crippen LogP contribution in [-0.2, 0) is 9.53 Å². The van der Waals surface area contributed by atoms with Crippen LogP contribution in [0.25, 0.3) is 4.85 Å². The molecular weight excluding hydrogens is 332 g/mol. The van der Waals surface area contributed by atoms with E-state index in [0.717, 1.165) is 5.82 Å². The van der Waals surface area contributed by atoms with Crippen LogP contribution in [-0.4, -0.2) is 36.1 Å². The fourth-order valence-electron chi connectivity index (χ4n) is 1.80. The number of aromatic nitrogens is 2. The molecule has 0 radical (unpaired) electrons. The second-order valence-electron chi connectivity index (χ2n) is 5.40. The molecule has 2 aromatic rings. The molecule has 8 heteroatoms. The van der Waals surface area contributed by atoms with Crippen LogP contribution in [0.15, 0.2) is 59.0 Å². The summed E-state index contributed by atoms with van der Waals surface area (Å²) in [4.78, 5) is 24.6. The van der Waals surface area contributed by atoms with Crippen molar-refractivity contribution in [2.75, 3.05) is 25.1 Å². The van der Waals surface area contributed by atoms with Gasteiger partial charge in [0.1, 0.15) is 30.0 Å². The highest BCUT2D eigenvalue weighted by molar-refractivity contribution is 5.86. The maximum absolute atomic E-state index is 11.3. The highest BCUT2D eigenvalue weighted by atomic mass is 16.5. The average Bonchev–Trinajstić information content (AvgIpc) is 2.66. The molecule has 0 aromatic carbocycles. The van der Waals surface area contributed by atoms with E-state index in [9.17, 15) is 4.79 Å². The molecule has 0 saturated carbocycles. The number of hydrogen-bond acceptors (Lipinski definition) is 7. The Hall–Kier alpha value is -3.60. The molecule has 0 atom stereocenters. The minimum atomic E-state index is -0.402. The van der Waals surface area contributed by atoms with Crippen molar-refractivity contribution >= 4 is 29.0 Å². The third kappa shape index (κ3) is 5.49. The lowest BCUT2D eigenvalue weighted by Gasteiger charge is -2.17. The first-order valence-corrected chi connectivity index (χ1v) is 7.74. The summed E-state index contributed by atoms with van der Waals surface area (Å²) in [7, 11) is 1.85. The number of ether oxygens (including phenoxy) is 1. The maximum Gasteiger partial charge on any atom is 0.333 e. The van der Waals surface area contributed by atoms with Gasteiger partial charge < -0.3 is 14.5 Å². The Balaban J connectivity index is 1.90. The predicted molar refractivity (Wildman–Crippen MR) is 98.0 cm³/mol. The zero-order valence-electron chi connectivity index (χ0n) is 14.6. The topological polar surface area (TPSA) is 84.4 Å². The SMILES string of the molecule is [C-]#[N+]c1ccc(N=Nc2ccc(N(C)CCOC(=O)C(=C)C)nc2)cn1. The van der Waals surface area contributed by atoms with Gasteiger partial charge in [0.25, 0.3) is 5.82 Å². The Labute approximate surface area is 151 Å². The predicted octanol–water partition coefficient (Wildman–Crippen LogP) is 4.00. The van der Waals surface area contributed by atoms with Gasteiger partial charge in [0.2, 0.25) is 0 Å². The van der Waals surface area contributed by atoms with Gasteiger partial charge in [-0.1, -0.05) is 13.2 Å². The number of azo groups is 1. The number of anilines is 1. The lowest BCUT2D eigenvalue weighted by atomic mass is 10.4. The number of esters is 1. The average molecular weight is 350 g/mol. The van der Waals surface area contributed by atoms with E-state index < -0.39 is 5.97 Å². The van der Waals surface area contributed by atoms with Crippen molar-refractivity contribution in [3.05, 3.63) is 60.2 Å². The summed E-state index contributed by atoms with van der Waals surface area (Å²) < 4.78 is 5.06. The van der Waals surface area contributed by atoms with Crippen molar-refractivity contribution in [2.24, 2.45) is 10.2 Å². The number of carbonyl (C=O) groups is 1. The van der Waals surface area contributed by atoms with Gasteiger partial charge in [-0.3, -0.25) is 0 Å². The normalized spacial score (nSPS) is 10.3. The third-order valence-corrected chi connectivity index (χ3v) is 3.26. The highest BCUT2D eigenvalue weighted by Gasteiger charge is 2.06. The Morgan fingerprint density at radius 2 is 1.88 bits per heavy atom. The summed E-state index contributed by atoms with van der Waals surface area (Å²) in [5.41, 5.74) is 1.52. The maximum atomic E-state index is 11.3. The van der Waals surface area contributed by atoms with Gasteiger partial charge in [-0.25, -0.2) is 9.78 Å². The Bertz CT molecular complexity index is 837. The smallest absolute Gasteiger partial charge is 0.333 e. The fraction of sp³-hybridized carbons (Fsp3) is 0.222. The van der Waals surface area contributed by atoms with Crippen LogP contribution in [0.4, 0.5) is 23.0 Å². The zero-order chi connectivity index (χ0) is 18.9. The number of likely N-dealkylation sites (N-methyl/N-ethyl adjacent to an activating group) is 1. The quantitative estimate of drug-likeness (QED) is 0.326. The van der Waals surface area contributed by atoms with Crippen LogP contribution < -0.4 is 4.90 Å². The first-order chi connectivity index (χ1) is 12.5. The Morgan fingerprint density at radius 1 is 1.23 bits per heavy atom. The monoisotopic (exact) mass is 350 g/mol. The first kappa shape index (κ1) is 18.7. The molecule has 0 spiro atoms. The molecular formula is C18H18N6O2. The number of pyridine rings is 2. The molecule has 0 N–H and O–H groups in total. The molecule has 2 heterocycles. The minimum absolute atomic E-state index is 0.249. The molecule has 0 amide bonds. The van der Waals surface area contributed by atoms with E-state index in [1.54, 1.807) is 37.4 Å². The van der Waals surface area contributed by atoms with Gasteiger partial charge in [0, 0.05) is 12.6 Å². The summed E-state index contributed by atoms with van der Waals surface area (Å²) in [5.74, 6) is 0.631. The number of rotatable bonds is 7. The van der Waals surface area contributed by atoms with Gasteiger partial charge in [0.15, 0.2) is 0 Å². The molecule has 0 saturated heterocycles. The van der Waals surface area contributed by atoms with Gasteiger partial charge in [-0.15, -0.1) is 15.2 Å². The number of hydrogen-bond donors (Lipinski definition) is 0. The Kier molecular flexibility index (Phi) is 6.51. The van der Waals surface area contributed by atoms with Crippen molar-refractivity contribution in [2.45, 2.75) is 6.92 Å². The molecule has 0 bridgehead atoms. The largest absolute Gasteiger partial charge is 0.460 e. The summed E-state index contributed by atoms with van der Waals surface area (Å²) >= 11 is 0. The highest BCUT2D eigenvalue weighted by Crippen LogP contribution is 2.20. The molecule has 0 aliphatic carbocycles. The minimum Gasteiger partial charge on any atom is -0.460 e. The van der Waals surface area contributed by atoms with E-state index in [-0.39, 0.29) is 6.61 Å². The second-order valence-corrected chi connectivity index (χ2v) is 5.40. The van der Waals surface area contributed by atoms with Crippen molar-refractivity contribution in [3.63, 3.8) is 0 Å². The standard InChI is InChI=1S/C18H18N6O2/c1-13(2)18(25)26-10-9-24(4)17-8-6-15(12-21-17)23-22-14-5-7-16(19-3)20-11-14/h5-8,11-12H,1,9-10H2,2,4H3. The zero-order valence-corrected chi connectivity index (χ0v) is 14.6. The van der Waals surface area contributed by atoms with Crippen molar-refractivity contribution in [1.29, 1.82) is 0 Å². The molecule has 8 nitrogen and oxygen atoms in total. The van der Waals surface area contributed by atoms with Gasteiger partial charge in [0.05, 0.1) is 12.7 Å². The van der Waals surface area contributed by atoms with Crippen LogP contribution >= 0.6 is 0 Å². The second kappa shape index (κ2) is 9.03. The van der Waals surface area contributed by atoms with Gasteiger partial charge >= 0.3 is 5.97 Å². The van der Waals surface area contributed by atoms with Crippen molar-refractivity contribution in [1.82, 2.24) is 9.97 Å². The van der Waals surface area contributed by atoms with Crippen molar-refractivity contribution in [3.8, 4) is 0 Å². The van der Waals surface area contributed by atoms with E-state index in [0.29, 0.717) is 29.3 Å². The lowest BCUT2D eigenvalue weighted by Crippen LogP contribution is -2.24. The number of nitrogens with zero attached hydrogens (tertiary/aromatic N) is 6. The fourth-order valence-corrected chi connectivity index (χ4v) is 1.80. The van der Waals surface area contributed by atoms with E-state index >= 15 is 0 Å². The molecule has 26 heavy (non-hydrogen) atoms. The molecule has 2 rings (SSSR count). The molecule has 0 aliphatic heterocycles. The summed E-state index contributed by atoms with van der Waals surface area (Å²) in [6.07, 6.45) is 3.08. The van der Waals surface area contributed by atoms with Crippen LogP contribution in [0, 0.1) is 6.57 Å². The summed E-state index contributed by atoms with van der Waals surface area (Å²) in [6.45, 7) is 12.7. The van der Waals surface area contributed by atoms with Crippen LogP contribution in [0.5, 0.6) is 0 Å². The molecule has 0 fully saturated rings. The summed E-state index contributed by atoms with van der Waals surface area (Å²) in [5, 5.41) is 8.14. The molecule has 0 unspecified atom stereocenters. The molecule has 132 valence electrons. The Morgan fingerprint density at radius 3 is 2.38 bits per heavy atom. The summed E-state index contributed by atoms with van der Waals surface area (Å²) in [6, 6.07) is 6.84. The van der Waals surface area contributed by atoms with Crippen molar-refractivity contribution < 1.29 is 9.53 Å². The van der Waals surface area contributed by atoms with Crippen LogP contribution in [0.3, 0.4) is 0 Å². The van der Waals surface area contributed by atoms with Gasteiger partial charge in [-0.2, -0.15) is 0 Å². The third-order valence-electron chi connectivity index (χ3n) is 3.26. The van der Waals surface area contributed by atoms with E-state index in [1.165, 1.54) is 6.20 Å². The van der Waals surface area contributed by atoms with Gasteiger partial charge in [-0.05, 0) is 31.2 Å². The molecule has 2 aromatic heterocycles. The molecule has 0 aliphatic rings. The van der Waals surface area contributed by atoms with E-state index in [2.05, 4.69) is 31.6 Å². The van der Waals surface area contributed by atoms with Crippen LogP contribution in [0.2, 0.25) is 0 Å². The van der Waals surface area contributed by atoms with E-state index in [4.69, 9.17) is 11.3 Å². The first-order valence-electron chi connectivity index (χ1n) is 7.74. The lowest BCUT2D eigenvalue weighted by molar-refractivity contribution is -0.138. The number of carbonyl (C=O) groups excluding carboxylic acids is 1. The van der Waals surface area contributed by atoms with E-state index in [1.807, 2.05) is 11.9 Å². The van der Waals surface area contributed by atoms with Crippen LogP contribution in [0.1, 0.15) is 6.92 Å².